The quantitative estimate of drug-likeness (QED) is 0.787. The van der Waals surface area contributed by atoms with Crippen LogP contribution in [-0.4, -0.2) is 35.1 Å². The van der Waals surface area contributed by atoms with Crippen molar-refractivity contribution in [3.63, 3.8) is 0 Å². The lowest BCUT2D eigenvalue weighted by Gasteiger charge is -2.13. The summed E-state index contributed by atoms with van der Waals surface area (Å²) >= 11 is 0. The van der Waals surface area contributed by atoms with Gasteiger partial charge in [0.2, 0.25) is 0 Å². The molecular formula is C11H13NO4. The first-order chi connectivity index (χ1) is 7.58. The Balaban J connectivity index is 2.16. The Labute approximate surface area is 92.9 Å². The third-order valence-corrected chi connectivity index (χ3v) is 2.53. The van der Waals surface area contributed by atoms with E-state index in [1.807, 2.05) is 0 Å². The summed E-state index contributed by atoms with van der Waals surface area (Å²) in [5.74, 6) is 0.142. The minimum absolute atomic E-state index is 0.142. The summed E-state index contributed by atoms with van der Waals surface area (Å²) in [6, 6.07) is 6.25. The van der Waals surface area contributed by atoms with Gasteiger partial charge in [-0.3, -0.25) is 4.90 Å². The predicted octanol–water partition coefficient (Wildman–Crippen LogP) is 1.10. The molecule has 1 aliphatic rings. The molecule has 2 unspecified atom stereocenters. The van der Waals surface area contributed by atoms with Crippen molar-refractivity contribution in [3.8, 4) is 5.75 Å². The lowest BCUT2D eigenvalue weighted by molar-refractivity contribution is 0.0437. The van der Waals surface area contributed by atoms with Gasteiger partial charge in [-0.15, -0.1) is 0 Å². The highest BCUT2D eigenvalue weighted by Gasteiger charge is 2.34. The zero-order chi connectivity index (χ0) is 11.7. The van der Waals surface area contributed by atoms with Crippen molar-refractivity contribution in [2.24, 2.45) is 0 Å². The fraction of sp³-hybridized carbons (Fsp3) is 0.364. The van der Waals surface area contributed by atoms with Gasteiger partial charge in [0.15, 0.2) is 0 Å². The van der Waals surface area contributed by atoms with Crippen molar-refractivity contribution in [1.82, 2.24) is 0 Å². The molecular weight excluding hydrogens is 210 g/mol. The number of phenolic OH excluding ortho intramolecular Hbond substituents is 1. The monoisotopic (exact) mass is 223 g/mol. The SMILES string of the molecule is CC(O)C1CN(c2ccc(O)cc2)C(=O)O1. The maximum atomic E-state index is 11.5. The highest BCUT2D eigenvalue weighted by Crippen LogP contribution is 2.24. The molecule has 2 atom stereocenters. The Bertz CT molecular complexity index is 387. The first-order valence-corrected chi connectivity index (χ1v) is 5.03. The summed E-state index contributed by atoms with van der Waals surface area (Å²) in [6.07, 6.45) is -1.66. The van der Waals surface area contributed by atoms with Crippen molar-refractivity contribution in [3.05, 3.63) is 24.3 Å². The molecule has 16 heavy (non-hydrogen) atoms. The van der Waals surface area contributed by atoms with E-state index in [0.717, 1.165) is 0 Å². The summed E-state index contributed by atoms with van der Waals surface area (Å²) in [4.78, 5) is 12.9. The molecule has 0 aliphatic carbocycles. The number of benzene rings is 1. The second-order valence-electron chi connectivity index (χ2n) is 3.79. The Kier molecular flexibility index (Phi) is 2.70. The Hall–Kier alpha value is -1.75. The number of ether oxygens (including phenoxy) is 1. The standard InChI is InChI=1S/C11H13NO4/c1-7(13)10-6-12(11(15)16-10)8-2-4-9(14)5-3-8/h2-5,7,10,13-14H,6H2,1H3. The number of carbonyl (C=O) groups excluding carboxylic acids is 1. The average molecular weight is 223 g/mol. The highest BCUT2D eigenvalue weighted by atomic mass is 16.6. The number of amides is 1. The number of aliphatic hydroxyl groups excluding tert-OH is 1. The average Bonchev–Trinajstić information content (AvgIpc) is 2.62. The van der Waals surface area contributed by atoms with E-state index < -0.39 is 18.3 Å². The lowest BCUT2D eigenvalue weighted by atomic mass is 10.2. The number of rotatable bonds is 2. The van der Waals surface area contributed by atoms with Gasteiger partial charge in [-0.2, -0.15) is 0 Å². The number of cyclic esters (lactones) is 1. The fourth-order valence-electron chi connectivity index (χ4n) is 1.58. The van der Waals surface area contributed by atoms with Gasteiger partial charge in [-0.1, -0.05) is 0 Å². The van der Waals surface area contributed by atoms with Gasteiger partial charge >= 0.3 is 6.09 Å². The molecule has 0 radical (unpaired) electrons. The topological polar surface area (TPSA) is 70.0 Å². The van der Waals surface area contributed by atoms with E-state index in [2.05, 4.69) is 0 Å². The number of hydrogen-bond acceptors (Lipinski definition) is 4. The first kappa shape index (κ1) is 10.8. The smallest absolute Gasteiger partial charge is 0.414 e. The molecule has 1 amide bonds. The second-order valence-corrected chi connectivity index (χ2v) is 3.79. The largest absolute Gasteiger partial charge is 0.508 e. The van der Waals surface area contributed by atoms with Crippen molar-refractivity contribution in [1.29, 1.82) is 0 Å². The second kappa shape index (κ2) is 4.02. The molecule has 86 valence electrons. The van der Waals surface area contributed by atoms with Gasteiger partial charge in [0.1, 0.15) is 11.9 Å². The van der Waals surface area contributed by atoms with E-state index in [1.54, 1.807) is 19.1 Å². The molecule has 0 bridgehead atoms. The molecule has 2 N–H and O–H groups in total. The molecule has 0 saturated carbocycles. The lowest BCUT2D eigenvalue weighted by Crippen LogP contribution is -2.28. The maximum absolute atomic E-state index is 11.5. The van der Waals surface area contributed by atoms with Crippen LogP contribution in [-0.2, 0) is 4.74 Å². The molecule has 5 nitrogen and oxygen atoms in total. The Morgan fingerprint density at radius 1 is 1.44 bits per heavy atom. The van der Waals surface area contributed by atoms with Crippen LogP contribution in [0.2, 0.25) is 0 Å². The number of aromatic hydroxyl groups is 1. The number of nitrogens with zero attached hydrogens (tertiary/aromatic N) is 1. The first-order valence-electron chi connectivity index (χ1n) is 5.03. The predicted molar refractivity (Wildman–Crippen MR) is 57.4 cm³/mol. The summed E-state index contributed by atoms with van der Waals surface area (Å²) in [5, 5.41) is 18.5. The third kappa shape index (κ3) is 1.94. The number of hydrogen-bond donors (Lipinski definition) is 2. The van der Waals surface area contributed by atoms with Crippen LogP contribution in [0.5, 0.6) is 5.75 Å². The van der Waals surface area contributed by atoms with Gasteiger partial charge < -0.3 is 14.9 Å². The van der Waals surface area contributed by atoms with Crippen LogP contribution in [0.25, 0.3) is 0 Å². The van der Waals surface area contributed by atoms with Crippen LogP contribution < -0.4 is 4.90 Å². The van der Waals surface area contributed by atoms with Crippen molar-refractivity contribution >= 4 is 11.8 Å². The van der Waals surface area contributed by atoms with Crippen LogP contribution >= 0.6 is 0 Å². The summed E-state index contributed by atoms with van der Waals surface area (Å²) in [5.41, 5.74) is 0.644. The number of aliphatic hydroxyl groups is 1. The fourth-order valence-corrected chi connectivity index (χ4v) is 1.58. The zero-order valence-corrected chi connectivity index (χ0v) is 8.83. The van der Waals surface area contributed by atoms with Gasteiger partial charge in [0.05, 0.1) is 12.6 Å². The van der Waals surface area contributed by atoms with Gasteiger partial charge in [0.25, 0.3) is 0 Å². The van der Waals surface area contributed by atoms with E-state index in [9.17, 15) is 9.90 Å². The Morgan fingerprint density at radius 3 is 2.56 bits per heavy atom. The number of anilines is 1. The van der Waals surface area contributed by atoms with Gasteiger partial charge in [0, 0.05) is 5.69 Å². The molecule has 2 rings (SSSR count). The minimum Gasteiger partial charge on any atom is -0.508 e. The van der Waals surface area contributed by atoms with E-state index in [0.29, 0.717) is 12.2 Å². The van der Waals surface area contributed by atoms with Crippen LogP contribution in [0.1, 0.15) is 6.92 Å². The van der Waals surface area contributed by atoms with Gasteiger partial charge in [-0.05, 0) is 31.2 Å². The summed E-state index contributed by atoms with van der Waals surface area (Å²) in [7, 11) is 0. The molecule has 0 aromatic heterocycles. The third-order valence-electron chi connectivity index (χ3n) is 2.53. The molecule has 1 aliphatic heterocycles. The van der Waals surface area contributed by atoms with Gasteiger partial charge in [-0.25, -0.2) is 4.79 Å². The zero-order valence-electron chi connectivity index (χ0n) is 8.83. The van der Waals surface area contributed by atoms with Crippen LogP contribution in [0.4, 0.5) is 10.5 Å². The molecule has 1 aromatic carbocycles. The van der Waals surface area contributed by atoms with Crippen molar-refractivity contribution < 1.29 is 19.7 Å². The normalized spacial score (nSPS) is 22.0. The van der Waals surface area contributed by atoms with Crippen LogP contribution in [0.15, 0.2) is 24.3 Å². The van der Waals surface area contributed by atoms with Crippen molar-refractivity contribution in [2.45, 2.75) is 19.1 Å². The molecule has 5 heteroatoms. The van der Waals surface area contributed by atoms with Crippen LogP contribution in [0, 0.1) is 0 Å². The highest BCUT2D eigenvalue weighted by molar-refractivity contribution is 5.89. The maximum Gasteiger partial charge on any atom is 0.414 e. The Morgan fingerprint density at radius 2 is 2.06 bits per heavy atom. The molecule has 0 spiro atoms. The van der Waals surface area contributed by atoms with E-state index in [1.165, 1.54) is 17.0 Å². The molecule has 1 heterocycles. The minimum atomic E-state index is -0.689. The number of carbonyl (C=O) groups is 1. The van der Waals surface area contributed by atoms with Crippen molar-refractivity contribution in [2.75, 3.05) is 11.4 Å². The molecule has 1 aromatic rings. The number of phenols is 1. The molecule has 1 saturated heterocycles. The molecule has 1 fully saturated rings. The van der Waals surface area contributed by atoms with E-state index in [4.69, 9.17) is 9.84 Å². The van der Waals surface area contributed by atoms with Crippen LogP contribution in [0.3, 0.4) is 0 Å². The summed E-state index contributed by atoms with van der Waals surface area (Å²) in [6.45, 7) is 1.90. The van der Waals surface area contributed by atoms with E-state index in [-0.39, 0.29) is 5.75 Å². The van der Waals surface area contributed by atoms with E-state index >= 15 is 0 Å². The summed E-state index contributed by atoms with van der Waals surface area (Å²) < 4.78 is 4.99.